The van der Waals surface area contributed by atoms with E-state index in [2.05, 4.69) is 39.5 Å². The Balaban J connectivity index is 2.78. The standard InChI is InChI=1S/C15H24/c1-12(2)15-10-8-13(3)6-5-7-14(4)9-11-15/h9,11-12H,3,5-8,10H2,1-2,4H3/b14-9-,15-11-. The molecule has 0 atom stereocenters. The minimum Gasteiger partial charge on any atom is -0.0999 e. The van der Waals surface area contributed by atoms with Crippen LogP contribution >= 0.6 is 0 Å². The summed E-state index contributed by atoms with van der Waals surface area (Å²) in [5, 5.41) is 0. The molecule has 0 amide bonds. The van der Waals surface area contributed by atoms with Crippen molar-refractivity contribution in [1.29, 1.82) is 0 Å². The zero-order valence-corrected chi connectivity index (χ0v) is 10.5. The van der Waals surface area contributed by atoms with Gasteiger partial charge in [0.2, 0.25) is 0 Å². The molecule has 0 heteroatoms. The molecule has 0 unspecified atom stereocenters. The molecule has 1 aliphatic carbocycles. The van der Waals surface area contributed by atoms with Gasteiger partial charge in [0, 0.05) is 0 Å². The molecule has 0 aromatic rings. The number of allylic oxidation sites excluding steroid dienone is 5. The number of rotatable bonds is 1. The fraction of sp³-hybridized carbons (Fsp3) is 0.600. The lowest BCUT2D eigenvalue weighted by atomic mass is 9.92. The van der Waals surface area contributed by atoms with Crippen LogP contribution in [0.4, 0.5) is 0 Å². The van der Waals surface area contributed by atoms with Gasteiger partial charge < -0.3 is 0 Å². The van der Waals surface area contributed by atoms with E-state index in [1.807, 2.05) is 0 Å². The van der Waals surface area contributed by atoms with Crippen molar-refractivity contribution in [1.82, 2.24) is 0 Å². The van der Waals surface area contributed by atoms with E-state index in [0.717, 1.165) is 0 Å². The maximum absolute atomic E-state index is 4.16. The molecule has 0 nitrogen and oxygen atoms in total. The van der Waals surface area contributed by atoms with E-state index in [1.165, 1.54) is 43.3 Å². The maximum Gasteiger partial charge on any atom is -0.0257 e. The van der Waals surface area contributed by atoms with Gasteiger partial charge in [0.05, 0.1) is 0 Å². The third-order valence-corrected chi connectivity index (χ3v) is 3.19. The quantitative estimate of drug-likeness (QED) is 0.525. The summed E-state index contributed by atoms with van der Waals surface area (Å²) in [7, 11) is 0. The highest BCUT2D eigenvalue weighted by atomic mass is 14.1. The first-order chi connectivity index (χ1) is 7.09. The Bertz CT molecular complexity index is 276. The summed E-state index contributed by atoms with van der Waals surface area (Å²) < 4.78 is 0. The first kappa shape index (κ1) is 12.3. The first-order valence-corrected chi connectivity index (χ1v) is 6.12. The Labute approximate surface area is 94.8 Å². The summed E-state index contributed by atoms with van der Waals surface area (Å²) in [6, 6.07) is 0. The molecule has 15 heavy (non-hydrogen) atoms. The smallest absolute Gasteiger partial charge is 0.0257 e. The second-order valence-electron chi connectivity index (χ2n) is 5.01. The minimum atomic E-state index is 0.668. The maximum atomic E-state index is 4.16. The largest absolute Gasteiger partial charge is 0.0999 e. The monoisotopic (exact) mass is 204 g/mol. The molecule has 0 heterocycles. The predicted octanol–water partition coefficient (Wildman–Crippen LogP) is 5.04. The van der Waals surface area contributed by atoms with Crippen molar-refractivity contribution in [3.63, 3.8) is 0 Å². The molecular weight excluding hydrogens is 180 g/mol. The lowest BCUT2D eigenvalue weighted by molar-refractivity contribution is 0.686. The van der Waals surface area contributed by atoms with Crippen molar-refractivity contribution in [2.24, 2.45) is 5.92 Å². The average molecular weight is 204 g/mol. The van der Waals surface area contributed by atoms with Crippen molar-refractivity contribution in [3.8, 4) is 0 Å². The SMILES string of the molecule is C=C1CCC/C(C)=C\C=C(/C(C)C)CC1. The number of hydrogen-bond donors (Lipinski definition) is 0. The van der Waals surface area contributed by atoms with Crippen LogP contribution in [-0.4, -0.2) is 0 Å². The van der Waals surface area contributed by atoms with Gasteiger partial charge in [0.15, 0.2) is 0 Å². The van der Waals surface area contributed by atoms with Crippen LogP contribution in [-0.2, 0) is 0 Å². The molecule has 0 radical (unpaired) electrons. The molecule has 0 aromatic heterocycles. The van der Waals surface area contributed by atoms with Crippen LogP contribution in [0.25, 0.3) is 0 Å². The van der Waals surface area contributed by atoms with E-state index < -0.39 is 0 Å². The van der Waals surface area contributed by atoms with E-state index in [9.17, 15) is 0 Å². The van der Waals surface area contributed by atoms with Crippen molar-refractivity contribution >= 4 is 0 Å². The van der Waals surface area contributed by atoms with E-state index in [-0.39, 0.29) is 0 Å². The lowest BCUT2D eigenvalue weighted by Gasteiger charge is -2.14. The van der Waals surface area contributed by atoms with Crippen molar-refractivity contribution < 1.29 is 0 Å². The predicted molar refractivity (Wildman–Crippen MR) is 68.9 cm³/mol. The first-order valence-electron chi connectivity index (χ1n) is 6.12. The average Bonchev–Trinajstić information content (AvgIpc) is 2.16. The van der Waals surface area contributed by atoms with Gasteiger partial charge in [0.25, 0.3) is 0 Å². The summed E-state index contributed by atoms with van der Waals surface area (Å²) in [6.45, 7) is 11.0. The van der Waals surface area contributed by atoms with Crippen LogP contribution in [0.3, 0.4) is 0 Å². The Morgan fingerprint density at radius 3 is 2.47 bits per heavy atom. The Hall–Kier alpha value is -0.780. The molecule has 0 aromatic carbocycles. The molecule has 0 fully saturated rings. The van der Waals surface area contributed by atoms with Crippen LogP contribution < -0.4 is 0 Å². The second-order valence-corrected chi connectivity index (χ2v) is 5.01. The fourth-order valence-corrected chi connectivity index (χ4v) is 1.96. The molecule has 0 spiro atoms. The van der Waals surface area contributed by atoms with E-state index >= 15 is 0 Å². The number of hydrogen-bond acceptors (Lipinski definition) is 0. The lowest BCUT2D eigenvalue weighted by Crippen LogP contribution is -1.97. The Kier molecular flexibility index (Phi) is 4.87. The van der Waals surface area contributed by atoms with Gasteiger partial charge in [-0.05, 0) is 44.9 Å². The highest BCUT2D eigenvalue weighted by molar-refractivity contribution is 5.20. The van der Waals surface area contributed by atoms with Gasteiger partial charge in [0.1, 0.15) is 0 Å². The molecule has 0 N–H and O–H groups in total. The van der Waals surface area contributed by atoms with Gasteiger partial charge in [-0.25, -0.2) is 0 Å². The van der Waals surface area contributed by atoms with Gasteiger partial charge in [-0.1, -0.05) is 49.3 Å². The van der Waals surface area contributed by atoms with Crippen LogP contribution in [0.1, 0.15) is 52.9 Å². The molecular formula is C15H24. The van der Waals surface area contributed by atoms with Crippen LogP contribution in [0.15, 0.2) is 35.5 Å². The van der Waals surface area contributed by atoms with Crippen LogP contribution in [0.2, 0.25) is 0 Å². The van der Waals surface area contributed by atoms with Gasteiger partial charge in [-0.15, -0.1) is 0 Å². The highest BCUT2D eigenvalue weighted by Crippen LogP contribution is 2.23. The summed E-state index contributed by atoms with van der Waals surface area (Å²) in [4.78, 5) is 0. The van der Waals surface area contributed by atoms with E-state index in [4.69, 9.17) is 0 Å². The van der Waals surface area contributed by atoms with Gasteiger partial charge >= 0.3 is 0 Å². The summed E-state index contributed by atoms with van der Waals surface area (Å²) in [5.41, 5.74) is 4.50. The van der Waals surface area contributed by atoms with Crippen molar-refractivity contribution in [3.05, 3.63) is 35.5 Å². The third-order valence-electron chi connectivity index (χ3n) is 3.19. The van der Waals surface area contributed by atoms with Crippen LogP contribution in [0, 0.1) is 5.92 Å². The van der Waals surface area contributed by atoms with Crippen LogP contribution in [0.5, 0.6) is 0 Å². The van der Waals surface area contributed by atoms with Gasteiger partial charge in [-0.3, -0.25) is 0 Å². The third kappa shape index (κ3) is 4.51. The molecule has 0 aliphatic heterocycles. The molecule has 84 valence electrons. The minimum absolute atomic E-state index is 0.668. The summed E-state index contributed by atoms with van der Waals surface area (Å²) in [5.74, 6) is 0.668. The summed E-state index contributed by atoms with van der Waals surface area (Å²) >= 11 is 0. The Morgan fingerprint density at radius 2 is 1.80 bits per heavy atom. The van der Waals surface area contributed by atoms with Crippen molar-refractivity contribution in [2.45, 2.75) is 52.9 Å². The Morgan fingerprint density at radius 1 is 1.07 bits per heavy atom. The molecule has 1 aliphatic rings. The molecule has 0 saturated carbocycles. The molecule has 1 rings (SSSR count). The van der Waals surface area contributed by atoms with E-state index in [0.29, 0.717) is 5.92 Å². The molecule has 0 saturated heterocycles. The highest BCUT2D eigenvalue weighted by Gasteiger charge is 2.05. The fourth-order valence-electron chi connectivity index (χ4n) is 1.96. The topological polar surface area (TPSA) is 0 Å². The zero-order chi connectivity index (χ0) is 11.3. The second kappa shape index (κ2) is 5.95. The molecule has 0 bridgehead atoms. The zero-order valence-electron chi connectivity index (χ0n) is 10.5. The normalized spacial score (nSPS) is 26.8. The van der Waals surface area contributed by atoms with Gasteiger partial charge in [-0.2, -0.15) is 0 Å². The van der Waals surface area contributed by atoms with E-state index in [1.54, 1.807) is 5.57 Å². The van der Waals surface area contributed by atoms with Crippen molar-refractivity contribution in [2.75, 3.05) is 0 Å². The summed E-state index contributed by atoms with van der Waals surface area (Å²) in [6.07, 6.45) is 10.7.